The highest BCUT2D eigenvalue weighted by Gasteiger charge is 2.40. The molecule has 2 aliphatic rings. The maximum atomic E-state index is 12.5. The molecule has 0 spiro atoms. The van der Waals surface area contributed by atoms with E-state index in [1.807, 2.05) is 48.5 Å². The van der Waals surface area contributed by atoms with Gasteiger partial charge in [-0.2, -0.15) is 0 Å². The van der Waals surface area contributed by atoms with Crippen molar-refractivity contribution in [3.05, 3.63) is 77.9 Å². The van der Waals surface area contributed by atoms with E-state index in [-0.39, 0.29) is 24.7 Å². The molecule has 0 radical (unpaired) electrons. The zero-order chi connectivity index (χ0) is 28.6. The summed E-state index contributed by atoms with van der Waals surface area (Å²) in [5.74, 6) is -0.859. The van der Waals surface area contributed by atoms with Gasteiger partial charge >= 0.3 is 5.97 Å². The molecule has 8 nitrogen and oxygen atoms in total. The summed E-state index contributed by atoms with van der Waals surface area (Å²) in [5, 5.41) is 12.3. The fourth-order valence-electron chi connectivity index (χ4n) is 5.68. The van der Waals surface area contributed by atoms with Crippen molar-refractivity contribution in [2.75, 3.05) is 18.4 Å². The minimum atomic E-state index is -0.911. The number of aliphatic hydroxyl groups excluding tert-OH is 1. The Kier molecular flexibility index (Phi) is 10.5. The van der Waals surface area contributed by atoms with E-state index in [1.165, 1.54) is 39.5 Å². The number of carbonyl (C=O) groups excluding carboxylic acids is 2. The Morgan fingerprint density at radius 3 is 2.52 bits per heavy atom. The van der Waals surface area contributed by atoms with Crippen LogP contribution in [0.25, 0.3) is 0 Å². The third-order valence-electron chi connectivity index (χ3n) is 7.88. The number of hydrogen-bond donors (Lipinski definition) is 2. The highest BCUT2D eigenvalue weighted by molar-refractivity contribution is 5.95. The molecule has 8 heteroatoms. The third kappa shape index (κ3) is 7.57. The minimum absolute atomic E-state index is 0.0117. The summed E-state index contributed by atoms with van der Waals surface area (Å²) in [5.41, 5.74) is 3.22. The number of rotatable bonds is 11. The number of amides is 1. The fourth-order valence-corrected chi connectivity index (χ4v) is 5.68. The van der Waals surface area contributed by atoms with Gasteiger partial charge in [-0.3, -0.25) is 14.5 Å². The molecular formula is C32H42N2O6. The quantitative estimate of drug-likeness (QED) is 0.290. The van der Waals surface area contributed by atoms with E-state index < -0.39 is 24.3 Å². The van der Waals surface area contributed by atoms with Gasteiger partial charge < -0.3 is 24.6 Å². The molecule has 40 heavy (non-hydrogen) atoms. The summed E-state index contributed by atoms with van der Waals surface area (Å²) >= 11 is 0. The summed E-state index contributed by atoms with van der Waals surface area (Å²) in [6.07, 6.45) is 4.94. The fraction of sp³-hybridized carbons (Fsp3) is 0.500. The first-order valence-electron chi connectivity index (χ1n) is 14.2. The third-order valence-corrected chi connectivity index (χ3v) is 7.88. The number of benzene rings is 2. The van der Waals surface area contributed by atoms with Gasteiger partial charge in [-0.25, -0.2) is 0 Å². The molecule has 1 saturated heterocycles. The molecule has 216 valence electrons. The normalized spacial score (nSPS) is 24.0. The Morgan fingerprint density at radius 1 is 1.15 bits per heavy atom. The Hall–Kier alpha value is -3.04. The van der Waals surface area contributed by atoms with Crippen molar-refractivity contribution in [1.82, 2.24) is 4.90 Å². The average molecular weight is 551 g/mol. The Morgan fingerprint density at radius 2 is 1.88 bits per heavy atom. The lowest BCUT2D eigenvalue weighted by Crippen LogP contribution is -2.47. The van der Waals surface area contributed by atoms with E-state index in [1.54, 1.807) is 6.07 Å². The van der Waals surface area contributed by atoms with E-state index >= 15 is 0 Å². The summed E-state index contributed by atoms with van der Waals surface area (Å²) < 4.78 is 18.3. The van der Waals surface area contributed by atoms with Crippen LogP contribution in [0.2, 0.25) is 0 Å². The predicted octanol–water partition coefficient (Wildman–Crippen LogP) is 5.29. The van der Waals surface area contributed by atoms with Gasteiger partial charge in [0.25, 0.3) is 5.91 Å². The van der Waals surface area contributed by atoms with Crippen LogP contribution in [-0.4, -0.2) is 53.2 Å². The summed E-state index contributed by atoms with van der Waals surface area (Å²) in [6.45, 7) is 10.5. The second-order valence-corrected chi connectivity index (χ2v) is 10.9. The van der Waals surface area contributed by atoms with E-state index in [2.05, 4.69) is 23.7 Å². The highest BCUT2D eigenvalue weighted by atomic mass is 16.7. The van der Waals surface area contributed by atoms with Gasteiger partial charge in [-0.15, -0.1) is 6.58 Å². The number of nitrogens with zero attached hydrogens (tertiary/aromatic N) is 1. The topological polar surface area (TPSA) is 97.3 Å². The van der Waals surface area contributed by atoms with Gasteiger partial charge in [0.05, 0.1) is 18.8 Å². The standard InChI is InChI=1S/C32H42N2O6/c1-5-17-34(28-11-6-7-12-28)19-29-21(2)30(25-15-13-24(20-35)14-16-25)40-32(39-29)26-9-8-10-27(18-26)33-31(37)22(3)38-23(4)36/h5,8-10,13-16,18,21-22,28-30,32,35H,1,6-7,11-12,17,19-20H2,2-4H3,(H,33,37)/t21-,22+,29+,30+,32+/m1/s1. The Bertz CT molecular complexity index is 1150. The lowest BCUT2D eigenvalue weighted by molar-refractivity contribution is -0.276. The van der Waals surface area contributed by atoms with E-state index in [0.717, 1.165) is 29.8 Å². The molecule has 0 bridgehead atoms. The summed E-state index contributed by atoms with van der Waals surface area (Å²) in [4.78, 5) is 26.3. The van der Waals surface area contributed by atoms with E-state index in [4.69, 9.17) is 14.2 Å². The van der Waals surface area contributed by atoms with Crippen LogP contribution in [0.5, 0.6) is 0 Å². The second-order valence-electron chi connectivity index (χ2n) is 10.9. The summed E-state index contributed by atoms with van der Waals surface area (Å²) in [6, 6.07) is 15.8. The molecule has 1 amide bonds. The van der Waals surface area contributed by atoms with Crippen molar-refractivity contribution in [3.8, 4) is 0 Å². The monoisotopic (exact) mass is 550 g/mol. The van der Waals surface area contributed by atoms with Gasteiger partial charge in [0.1, 0.15) is 0 Å². The number of anilines is 1. The number of ether oxygens (including phenoxy) is 3. The first-order valence-corrected chi connectivity index (χ1v) is 14.2. The number of aliphatic hydroxyl groups is 1. The maximum Gasteiger partial charge on any atom is 0.303 e. The van der Waals surface area contributed by atoms with Gasteiger partial charge in [-0.05, 0) is 43.0 Å². The zero-order valence-electron chi connectivity index (χ0n) is 23.8. The molecule has 1 heterocycles. The molecule has 1 saturated carbocycles. The van der Waals surface area contributed by atoms with Gasteiger partial charge in [0, 0.05) is 43.2 Å². The van der Waals surface area contributed by atoms with Crippen LogP contribution in [0, 0.1) is 5.92 Å². The molecule has 2 N–H and O–H groups in total. The first-order chi connectivity index (χ1) is 19.3. The van der Waals surface area contributed by atoms with Crippen molar-refractivity contribution >= 4 is 17.6 Å². The van der Waals surface area contributed by atoms with Crippen molar-refractivity contribution in [3.63, 3.8) is 0 Å². The summed E-state index contributed by atoms with van der Waals surface area (Å²) in [7, 11) is 0. The van der Waals surface area contributed by atoms with Gasteiger partial charge in [0.2, 0.25) is 0 Å². The van der Waals surface area contributed by atoms with Crippen LogP contribution in [0.3, 0.4) is 0 Å². The largest absolute Gasteiger partial charge is 0.453 e. The SMILES string of the molecule is C=CCN(C[C@@H]1O[C@H](c2cccc(NC(=O)[C@H](C)OC(C)=O)c2)O[C@H](c2ccc(CO)cc2)[C@@H]1C)C1CCCC1. The van der Waals surface area contributed by atoms with E-state index in [9.17, 15) is 14.7 Å². The van der Waals surface area contributed by atoms with Crippen molar-refractivity contribution in [1.29, 1.82) is 0 Å². The van der Waals surface area contributed by atoms with Crippen molar-refractivity contribution in [2.24, 2.45) is 5.92 Å². The van der Waals surface area contributed by atoms with Crippen molar-refractivity contribution < 1.29 is 28.9 Å². The molecule has 2 aromatic rings. The average Bonchev–Trinajstić information content (AvgIpc) is 3.49. The predicted molar refractivity (Wildman–Crippen MR) is 153 cm³/mol. The van der Waals surface area contributed by atoms with Crippen molar-refractivity contribution in [2.45, 2.75) is 83.7 Å². The molecule has 5 atom stereocenters. The Balaban J connectivity index is 1.59. The molecule has 2 aromatic carbocycles. The molecule has 4 rings (SSSR count). The first kappa shape index (κ1) is 29.9. The van der Waals surface area contributed by atoms with Crippen LogP contribution in [0.4, 0.5) is 5.69 Å². The Labute approximate surface area is 237 Å². The molecule has 0 aromatic heterocycles. The smallest absolute Gasteiger partial charge is 0.303 e. The lowest BCUT2D eigenvalue weighted by atomic mass is 9.89. The second kappa shape index (κ2) is 14.0. The van der Waals surface area contributed by atoms with Crippen LogP contribution < -0.4 is 5.32 Å². The van der Waals surface area contributed by atoms with Crippen LogP contribution in [0.1, 0.15) is 75.5 Å². The number of esters is 1. The van der Waals surface area contributed by atoms with Crippen LogP contribution in [-0.2, 0) is 30.4 Å². The van der Waals surface area contributed by atoms with E-state index in [0.29, 0.717) is 11.7 Å². The van der Waals surface area contributed by atoms with Gasteiger partial charge in [0.15, 0.2) is 12.4 Å². The molecule has 1 aliphatic carbocycles. The number of carbonyl (C=O) groups is 2. The molecule has 0 unspecified atom stereocenters. The van der Waals surface area contributed by atoms with Crippen LogP contribution >= 0.6 is 0 Å². The molecule has 1 aliphatic heterocycles. The van der Waals surface area contributed by atoms with Gasteiger partial charge in [-0.1, -0.05) is 62.2 Å². The molecular weight excluding hydrogens is 508 g/mol. The zero-order valence-corrected chi connectivity index (χ0v) is 23.8. The maximum absolute atomic E-state index is 12.5. The van der Waals surface area contributed by atoms with Crippen LogP contribution in [0.15, 0.2) is 61.2 Å². The number of hydrogen-bond acceptors (Lipinski definition) is 7. The highest BCUT2D eigenvalue weighted by Crippen LogP contribution is 2.42. The minimum Gasteiger partial charge on any atom is -0.453 e. The number of nitrogens with one attached hydrogen (secondary N) is 1. The molecule has 2 fully saturated rings. The lowest BCUT2D eigenvalue weighted by Gasteiger charge is -2.43.